The van der Waals surface area contributed by atoms with E-state index in [0.717, 1.165) is 17.8 Å². The van der Waals surface area contributed by atoms with Crippen LogP contribution in [0.3, 0.4) is 0 Å². The van der Waals surface area contributed by atoms with Crippen molar-refractivity contribution >= 4 is 17.5 Å². The van der Waals surface area contributed by atoms with Crippen LogP contribution in [0.2, 0.25) is 5.02 Å². The van der Waals surface area contributed by atoms with Crippen molar-refractivity contribution in [3.63, 3.8) is 0 Å². The Morgan fingerprint density at radius 1 is 1.50 bits per heavy atom. The van der Waals surface area contributed by atoms with E-state index in [-0.39, 0.29) is 18.1 Å². The molecule has 1 fully saturated rings. The number of halogens is 1. The van der Waals surface area contributed by atoms with Gasteiger partial charge in [-0.05, 0) is 24.6 Å². The van der Waals surface area contributed by atoms with Crippen LogP contribution in [-0.2, 0) is 4.74 Å². The molecule has 2 aromatic rings. The molecule has 1 amide bonds. The van der Waals surface area contributed by atoms with Crippen molar-refractivity contribution in [2.24, 2.45) is 0 Å². The number of hydrogen-bond acceptors (Lipinski definition) is 3. The fourth-order valence-corrected chi connectivity index (χ4v) is 3.08. The zero-order valence-electron chi connectivity index (χ0n) is 12.5. The number of methoxy groups -OCH3 is 1. The van der Waals surface area contributed by atoms with E-state index in [0.29, 0.717) is 17.1 Å². The molecule has 116 valence electrons. The predicted octanol–water partition coefficient (Wildman–Crippen LogP) is 2.97. The summed E-state index contributed by atoms with van der Waals surface area (Å²) in [5, 5.41) is 0.600. The second kappa shape index (κ2) is 6.10. The Hall–Kier alpha value is -1.85. The maximum Gasteiger partial charge on any atom is 0.254 e. The Morgan fingerprint density at radius 2 is 2.32 bits per heavy atom. The first-order valence-corrected chi connectivity index (χ1v) is 7.57. The molecule has 0 spiro atoms. The van der Waals surface area contributed by atoms with Crippen molar-refractivity contribution in [1.82, 2.24) is 14.9 Å². The van der Waals surface area contributed by atoms with Gasteiger partial charge in [-0.3, -0.25) is 4.79 Å². The molecule has 0 radical (unpaired) electrons. The summed E-state index contributed by atoms with van der Waals surface area (Å²) >= 11 is 6.14. The molecule has 1 saturated heterocycles. The number of rotatable bonds is 3. The number of carbonyl (C=O) groups excluding carboxylic acids is 1. The Morgan fingerprint density at radius 3 is 3.00 bits per heavy atom. The number of carbonyl (C=O) groups is 1. The van der Waals surface area contributed by atoms with Crippen molar-refractivity contribution in [3.05, 3.63) is 52.6 Å². The average molecular weight is 320 g/mol. The number of aromatic amines is 1. The summed E-state index contributed by atoms with van der Waals surface area (Å²) in [4.78, 5) is 22.2. The SMILES string of the molecule is CO[C@@H]1CC(c2ncc[nH]2)N(C(=O)c2cccc(Cl)c2C)C1. The number of likely N-dealkylation sites (tertiary alicyclic amines) is 1. The van der Waals surface area contributed by atoms with Gasteiger partial charge in [-0.15, -0.1) is 0 Å². The molecule has 0 bridgehead atoms. The smallest absolute Gasteiger partial charge is 0.254 e. The number of H-pyrrole nitrogens is 1. The van der Waals surface area contributed by atoms with E-state index < -0.39 is 0 Å². The zero-order chi connectivity index (χ0) is 15.7. The summed E-state index contributed by atoms with van der Waals surface area (Å²) < 4.78 is 5.45. The zero-order valence-corrected chi connectivity index (χ0v) is 13.3. The predicted molar refractivity (Wildman–Crippen MR) is 84.0 cm³/mol. The summed E-state index contributed by atoms with van der Waals surface area (Å²) in [6.45, 7) is 2.41. The second-order valence-corrected chi connectivity index (χ2v) is 5.86. The van der Waals surface area contributed by atoms with Gasteiger partial charge < -0.3 is 14.6 Å². The van der Waals surface area contributed by atoms with Gasteiger partial charge in [0.25, 0.3) is 5.91 Å². The molecule has 5 nitrogen and oxygen atoms in total. The van der Waals surface area contributed by atoms with Crippen molar-refractivity contribution in [1.29, 1.82) is 0 Å². The molecular formula is C16H18ClN3O2. The number of benzene rings is 1. The fourth-order valence-electron chi connectivity index (χ4n) is 2.91. The first kappa shape index (κ1) is 15.1. The van der Waals surface area contributed by atoms with Gasteiger partial charge in [-0.25, -0.2) is 4.98 Å². The third kappa shape index (κ3) is 2.62. The summed E-state index contributed by atoms with van der Waals surface area (Å²) in [6.07, 6.45) is 4.21. The molecule has 1 aromatic heterocycles. The molecule has 0 saturated carbocycles. The highest BCUT2D eigenvalue weighted by Crippen LogP contribution is 2.33. The minimum absolute atomic E-state index is 0.0125. The number of ether oxygens (including phenoxy) is 1. The van der Waals surface area contributed by atoms with E-state index in [1.54, 1.807) is 31.6 Å². The lowest BCUT2D eigenvalue weighted by molar-refractivity contribution is 0.0684. The van der Waals surface area contributed by atoms with Crippen molar-refractivity contribution in [2.45, 2.75) is 25.5 Å². The summed E-state index contributed by atoms with van der Waals surface area (Å²) in [6, 6.07) is 5.29. The summed E-state index contributed by atoms with van der Waals surface area (Å²) in [7, 11) is 1.67. The highest BCUT2D eigenvalue weighted by atomic mass is 35.5. The largest absolute Gasteiger partial charge is 0.380 e. The Bertz CT molecular complexity index is 672. The molecular weight excluding hydrogens is 302 g/mol. The van der Waals surface area contributed by atoms with Gasteiger partial charge in [0.15, 0.2) is 0 Å². The van der Waals surface area contributed by atoms with Crippen LogP contribution in [-0.4, -0.2) is 40.5 Å². The van der Waals surface area contributed by atoms with Crippen LogP contribution in [0.4, 0.5) is 0 Å². The van der Waals surface area contributed by atoms with E-state index in [9.17, 15) is 4.79 Å². The van der Waals surface area contributed by atoms with Crippen LogP contribution in [0.25, 0.3) is 0 Å². The Balaban J connectivity index is 1.94. The van der Waals surface area contributed by atoms with E-state index in [4.69, 9.17) is 16.3 Å². The first-order chi connectivity index (χ1) is 10.6. The normalized spacial score (nSPS) is 21.3. The molecule has 3 rings (SSSR count). The number of hydrogen-bond donors (Lipinski definition) is 1. The van der Waals surface area contributed by atoms with Crippen LogP contribution in [0, 0.1) is 6.92 Å². The molecule has 0 aliphatic carbocycles. The highest BCUT2D eigenvalue weighted by Gasteiger charge is 2.38. The Kier molecular flexibility index (Phi) is 4.18. The molecule has 1 N–H and O–H groups in total. The number of amides is 1. The fraction of sp³-hybridized carbons (Fsp3) is 0.375. The van der Waals surface area contributed by atoms with Crippen LogP contribution in [0.1, 0.15) is 34.2 Å². The third-order valence-electron chi connectivity index (χ3n) is 4.19. The van der Waals surface area contributed by atoms with Gasteiger partial charge in [0.2, 0.25) is 0 Å². The molecule has 1 aliphatic heterocycles. The standard InChI is InChI=1S/C16H18ClN3O2/c1-10-12(4-3-5-13(10)17)16(21)20-9-11(22-2)8-14(20)15-18-6-7-19-15/h3-7,11,14H,8-9H2,1-2H3,(H,18,19)/t11-,14?/m1/s1. The highest BCUT2D eigenvalue weighted by molar-refractivity contribution is 6.31. The lowest BCUT2D eigenvalue weighted by Gasteiger charge is -2.24. The first-order valence-electron chi connectivity index (χ1n) is 7.20. The van der Waals surface area contributed by atoms with E-state index in [2.05, 4.69) is 9.97 Å². The van der Waals surface area contributed by atoms with Gasteiger partial charge in [-0.2, -0.15) is 0 Å². The summed E-state index contributed by atoms with van der Waals surface area (Å²) in [5.41, 5.74) is 1.43. The van der Waals surface area contributed by atoms with Gasteiger partial charge in [0.1, 0.15) is 5.82 Å². The van der Waals surface area contributed by atoms with E-state index >= 15 is 0 Å². The summed E-state index contributed by atoms with van der Waals surface area (Å²) in [5.74, 6) is 0.744. The van der Waals surface area contributed by atoms with Gasteiger partial charge in [0, 0.05) is 43.1 Å². The van der Waals surface area contributed by atoms with Crippen molar-refractivity contribution in [2.75, 3.05) is 13.7 Å². The third-order valence-corrected chi connectivity index (χ3v) is 4.60. The molecule has 22 heavy (non-hydrogen) atoms. The monoisotopic (exact) mass is 319 g/mol. The van der Waals surface area contributed by atoms with Crippen molar-refractivity contribution < 1.29 is 9.53 Å². The topological polar surface area (TPSA) is 58.2 Å². The van der Waals surface area contributed by atoms with Crippen LogP contribution in [0.15, 0.2) is 30.6 Å². The van der Waals surface area contributed by atoms with Gasteiger partial charge in [0.05, 0.1) is 12.1 Å². The number of imidazole rings is 1. The van der Waals surface area contributed by atoms with Gasteiger partial charge in [-0.1, -0.05) is 17.7 Å². The number of aromatic nitrogens is 2. The van der Waals surface area contributed by atoms with E-state index in [1.807, 2.05) is 17.9 Å². The maximum absolute atomic E-state index is 13.0. The van der Waals surface area contributed by atoms with Gasteiger partial charge >= 0.3 is 0 Å². The maximum atomic E-state index is 13.0. The van der Waals surface area contributed by atoms with E-state index in [1.165, 1.54) is 0 Å². The number of nitrogens with zero attached hydrogens (tertiary/aromatic N) is 2. The second-order valence-electron chi connectivity index (χ2n) is 5.45. The van der Waals surface area contributed by atoms with Crippen LogP contribution in [0.5, 0.6) is 0 Å². The minimum atomic E-state index is -0.106. The minimum Gasteiger partial charge on any atom is -0.380 e. The molecule has 1 unspecified atom stereocenters. The van der Waals surface area contributed by atoms with Crippen LogP contribution < -0.4 is 0 Å². The number of nitrogens with one attached hydrogen (secondary N) is 1. The molecule has 1 aromatic carbocycles. The van der Waals surface area contributed by atoms with Crippen molar-refractivity contribution in [3.8, 4) is 0 Å². The van der Waals surface area contributed by atoms with Crippen LogP contribution >= 0.6 is 11.6 Å². The lowest BCUT2D eigenvalue weighted by Crippen LogP contribution is -2.33. The molecule has 1 aliphatic rings. The molecule has 6 heteroatoms. The molecule has 2 heterocycles. The average Bonchev–Trinajstić information content (AvgIpc) is 3.17. The Labute approximate surface area is 134 Å². The quantitative estimate of drug-likeness (QED) is 0.946. The lowest BCUT2D eigenvalue weighted by atomic mass is 10.1. The molecule has 2 atom stereocenters.